The number of hydrogen-bond acceptors (Lipinski definition) is 4. The van der Waals surface area contributed by atoms with Gasteiger partial charge in [0, 0.05) is 41.4 Å². The third-order valence-corrected chi connectivity index (χ3v) is 6.41. The smallest absolute Gasteiger partial charge is 0.294 e. The number of benzene rings is 2. The molecule has 0 bridgehead atoms. The molecule has 0 spiro atoms. The molecule has 1 aliphatic carbocycles. The molecule has 2 aromatic carbocycles. The largest absolute Gasteiger partial charge is 0.450 e. The molecule has 1 aliphatic rings. The lowest BCUT2D eigenvalue weighted by atomic mass is 9.72. The van der Waals surface area contributed by atoms with E-state index in [1.165, 1.54) is 6.42 Å². The Morgan fingerprint density at radius 1 is 1.00 bits per heavy atom. The van der Waals surface area contributed by atoms with Crippen LogP contribution in [0.25, 0.3) is 33.4 Å². The lowest BCUT2D eigenvalue weighted by Gasteiger charge is -2.38. The quantitative estimate of drug-likeness (QED) is 0.481. The van der Waals surface area contributed by atoms with Crippen LogP contribution in [0.5, 0.6) is 0 Å². The summed E-state index contributed by atoms with van der Waals surface area (Å²) < 4.78 is 7.83. The van der Waals surface area contributed by atoms with Gasteiger partial charge in [-0.05, 0) is 42.9 Å². The summed E-state index contributed by atoms with van der Waals surface area (Å²) in [7, 11) is 0. The van der Waals surface area contributed by atoms with Crippen LogP contribution in [0.15, 0.2) is 76.1 Å². The van der Waals surface area contributed by atoms with Crippen molar-refractivity contribution in [3.05, 3.63) is 82.8 Å². The number of rotatable bonds is 6. The molecule has 31 heavy (non-hydrogen) atoms. The van der Waals surface area contributed by atoms with Gasteiger partial charge in [-0.2, -0.15) is 0 Å². The number of hydrogen-bond donors (Lipinski definition) is 2. The van der Waals surface area contributed by atoms with Gasteiger partial charge in [-0.25, -0.2) is 0 Å². The zero-order valence-corrected chi connectivity index (χ0v) is 17.4. The van der Waals surface area contributed by atoms with Gasteiger partial charge in [0.25, 0.3) is 5.56 Å². The van der Waals surface area contributed by atoms with Gasteiger partial charge in [-0.1, -0.05) is 54.6 Å². The summed E-state index contributed by atoms with van der Waals surface area (Å²) in [6, 6.07) is 20.2. The first-order valence-corrected chi connectivity index (χ1v) is 10.8. The normalized spacial score (nSPS) is 15.2. The maximum atomic E-state index is 13.1. The summed E-state index contributed by atoms with van der Waals surface area (Å²) in [5.74, 6) is 0.685. The molecule has 0 atom stereocenters. The Morgan fingerprint density at radius 2 is 1.74 bits per heavy atom. The van der Waals surface area contributed by atoms with E-state index in [1.54, 1.807) is 10.8 Å². The summed E-state index contributed by atoms with van der Waals surface area (Å²) >= 11 is 0. The third-order valence-electron chi connectivity index (χ3n) is 6.41. The van der Waals surface area contributed by atoms with E-state index in [1.807, 2.05) is 48.5 Å². The SMILES string of the molecule is NC1(c2ccc(-c3oc4c(=O)n(CCCO)ccc4c3-c3ccccc3)cc2)CCC1. The molecule has 0 saturated heterocycles. The molecule has 5 rings (SSSR count). The van der Waals surface area contributed by atoms with Gasteiger partial charge in [0.2, 0.25) is 5.58 Å². The van der Waals surface area contributed by atoms with Crippen molar-refractivity contribution < 1.29 is 9.52 Å². The number of aliphatic hydroxyl groups excluding tert-OH is 1. The maximum Gasteiger partial charge on any atom is 0.294 e. The monoisotopic (exact) mass is 414 g/mol. The Kier molecular flexibility index (Phi) is 5.00. The Balaban J connectivity index is 1.67. The molecular weight excluding hydrogens is 388 g/mol. The third kappa shape index (κ3) is 3.40. The van der Waals surface area contributed by atoms with Crippen LogP contribution in [-0.4, -0.2) is 16.3 Å². The highest BCUT2D eigenvalue weighted by molar-refractivity contribution is 6.01. The van der Waals surface area contributed by atoms with Crippen molar-refractivity contribution in [3.63, 3.8) is 0 Å². The molecule has 5 heteroatoms. The van der Waals surface area contributed by atoms with Crippen LogP contribution in [0, 0.1) is 0 Å². The molecular formula is C26H26N2O3. The number of aliphatic hydroxyl groups is 1. The van der Waals surface area contributed by atoms with Gasteiger partial charge in [0.15, 0.2) is 0 Å². The fourth-order valence-electron chi connectivity index (χ4n) is 4.44. The number of nitrogens with two attached hydrogens (primary N) is 1. The van der Waals surface area contributed by atoms with Crippen LogP contribution < -0.4 is 11.3 Å². The van der Waals surface area contributed by atoms with Crippen molar-refractivity contribution in [2.45, 2.75) is 37.8 Å². The predicted octanol–water partition coefficient (Wildman–Crippen LogP) is 4.65. The number of nitrogens with zero attached hydrogens (tertiary/aromatic N) is 1. The molecule has 0 radical (unpaired) electrons. The van der Waals surface area contributed by atoms with Crippen LogP contribution in [0.3, 0.4) is 0 Å². The highest BCUT2D eigenvalue weighted by atomic mass is 16.3. The molecule has 158 valence electrons. The molecule has 2 heterocycles. The van der Waals surface area contributed by atoms with Gasteiger partial charge in [-0.15, -0.1) is 0 Å². The van der Waals surface area contributed by atoms with Crippen molar-refractivity contribution in [3.8, 4) is 22.5 Å². The molecule has 1 saturated carbocycles. The number of fused-ring (bicyclic) bond motifs is 1. The topological polar surface area (TPSA) is 81.4 Å². The number of aromatic nitrogens is 1. The average Bonchev–Trinajstić information content (AvgIpc) is 3.18. The average molecular weight is 415 g/mol. The highest BCUT2D eigenvalue weighted by Gasteiger charge is 2.34. The second kappa shape index (κ2) is 7.84. The summed E-state index contributed by atoms with van der Waals surface area (Å²) in [5, 5.41) is 9.93. The van der Waals surface area contributed by atoms with Crippen LogP contribution in [0.4, 0.5) is 0 Å². The molecule has 0 aliphatic heterocycles. The van der Waals surface area contributed by atoms with E-state index in [9.17, 15) is 4.79 Å². The Bertz CT molecular complexity index is 1270. The molecule has 5 nitrogen and oxygen atoms in total. The first-order chi connectivity index (χ1) is 15.1. The summed E-state index contributed by atoms with van der Waals surface area (Å²) in [6.07, 6.45) is 5.50. The second-order valence-electron chi connectivity index (χ2n) is 8.39. The lowest BCUT2D eigenvalue weighted by Crippen LogP contribution is -2.43. The van der Waals surface area contributed by atoms with Gasteiger partial charge in [0.1, 0.15) is 5.76 Å². The Labute approximate surface area is 180 Å². The van der Waals surface area contributed by atoms with Crippen molar-refractivity contribution in [2.75, 3.05) is 6.61 Å². The van der Waals surface area contributed by atoms with E-state index < -0.39 is 0 Å². The van der Waals surface area contributed by atoms with Gasteiger partial charge in [0.05, 0.1) is 0 Å². The summed E-state index contributed by atoms with van der Waals surface area (Å²) in [6.45, 7) is 0.493. The van der Waals surface area contributed by atoms with E-state index in [0.717, 1.165) is 40.5 Å². The molecule has 1 fully saturated rings. The number of furan rings is 1. The van der Waals surface area contributed by atoms with E-state index in [-0.39, 0.29) is 17.7 Å². The van der Waals surface area contributed by atoms with E-state index >= 15 is 0 Å². The first kappa shape index (κ1) is 19.8. The minimum absolute atomic E-state index is 0.0398. The zero-order chi connectivity index (χ0) is 21.4. The van der Waals surface area contributed by atoms with Crippen molar-refractivity contribution in [1.82, 2.24) is 4.57 Å². The fourth-order valence-corrected chi connectivity index (χ4v) is 4.44. The van der Waals surface area contributed by atoms with E-state index in [2.05, 4.69) is 12.1 Å². The summed E-state index contributed by atoms with van der Waals surface area (Å²) in [5.41, 5.74) is 10.4. The predicted molar refractivity (Wildman–Crippen MR) is 123 cm³/mol. The number of pyridine rings is 1. The Hall–Kier alpha value is -3.15. The molecule has 2 aromatic heterocycles. The highest BCUT2D eigenvalue weighted by Crippen LogP contribution is 2.42. The molecule has 0 unspecified atom stereocenters. The van der Waals surface area contributed by atoms with Crippen molar-refractivity contribution >= 4 is 11.0 Å². The van der Waals surface area contributed by atoms with Crippen LogP contribution in [0.2, 0.25) is 0 Å². The minimum Gasteiger partial charge on any atom is -0.450 e. The van der Waals surface area contributed by atoms with Crippen LogP contribution in [-0.2, 0) is 12.1 Å². The first-order valence-electron chi connectivity index (χ1n) is 10.8. The number of aryl methyl sites for hydroxylation is 1. The van der Waals surface area contributed by atoms with Gasteiger partial charge < -0.3 is 19.8 Å². The van der Waals surface area contributed by atoms with Gasteiger partial charge in [-0.3, -0.25) is 4.79 Å². The lowest BCUT2D eigenvalue weighted by molar-refractivity contribution is 0.253. The van der Waals surface area contributed by atoms with E-state index in [0.29, 0.717) is 24.3 Å². The molecule has 0 amide bonds. The minimum atomic E-state index is -0.213. The zero-order valence-electron chi connectivity index (χ0n) is 17.4. The Morgan fingerprint density at radius 3 is 2.39 bits per heavy atom. The van der Waals surface area contributed by atoms with E-state index in [4.69, 9.17) is 15.3 Å². The standard InChI is InChI=1S/C26H26N2O3/c27-26(13-4-14-26)20-10-8-19(9-11-20)23-22(18-6-2-1-3-7-18)21-12-16-28(15-5-17-29)25(30)24(21)31-23/h1-3,6-12,16,29H,4-5,13-15,17,27H2. The van der Waals surface area contributed by atoms with Crippen LogP contribution >= 0.6 is 0 Å². The van der Waals surface area contributed by atoms with Crippen molar-refractivity contribution in [2.24, 2.45) is 5.73 Å². The fraction of sp³-hybridized carbons (Fsp3) is 0.269. The van der Waals surface area contributed by atoms with Gasteiger partial charge >= 0.3 is 0 Å². The van der Waals surface area contributed by atoms with Crippen molar-refractivity contribution in [1.29, 1.82) is 0 Å². The maximum absolute atomic E-state index is 13.1. The van der Waals surface area contributed by atoms with Crippen LogP contribution in [0.1, 0.15) is 31.2 Å². The second-order valence-corrected chi connectivity index (χ2v) is 8.39. The summed E-state index contributed by atoms with van der Waals surface area (Å²) in [4.78, 5) is 13.1. The molecule has 3 N–H and O–H groups in total. The molecule has 4 aromatic rings.